The van der Waals surface area contributed by atoms with Gasteiger partial charge in [0.1, 0.15) is 0 Å². The standard InChI is InChI=1S/C11H18ClN5/c1-9(6-13)16-2-4-17(5-3-16)11-14-7-10(12)8-15-11/h7-9H,2-6,13H2,1H3. The minimum atomic E-state index is 0.447. The first-order valence-corrected chi connectivity index (χ1v) is 6.25. The molecule has 2 N–H and O–H groups in total. The molecule has 2 heterocycles. The van der Waals surface area contributed by atoms with Crippen LogP contribution in [0.3, 0.4) is 0 Å². The Bertz CT molecular complexity index is 347. The van der Waals surface area contributed by atoms with Gasteiger partial charge in [-0.25, -0.2) is 9.97 Å². The van der Waals surface area contributed by atoms with Crippen molar-refractivity contribution in [3.63, 3.8) is 0 Å². The molecule has 0 bridgehead atoms. The van der Waals surface area contributed by atoms with Crippen LogP contribution >= 0.6 is 11.6 Å². The van der Waals surface area contributed by atoms with Crippen molar-refractivity contribution in [1.82, 2.24) is 14.9 Å². The van der Waals surface area contributed by atoms with Crippen molar-refractivity contribution in [3.8, 4) is 0 Å². The molecule has 1 aliphatic rings. The van der Waals surface area contributed by atoms with Gasteiger partial charge in [-0.1, -0.05) is 11.6 Å². The Hall–Kier alpha value is -0.910. The van der Waals surface area contributed by atoms with Gasteiger partial charge in [-0.2, -0.15) is 0 Å². The average molecular weight is 256 g/mol. The predicted octanol–water partition coefficient (Wildman–Crippen LogP) is 0.599. The summed E-state index contributed by atoms with van der Waals surface area (Å²) >= 11 is 5.77. The SMILES string of the molecule is CC(CN)N1CCN(c2ncc(Cl)cn2)CC1. The number of aromatic nitrogens is 2. The van der Waals surface area contributed by atoms with Crippen molar-refractivity contribution in [3.05, 3.63) is 17.4 Å². The van der Waals surface area contributed by atoms with Crippen LogP contribution in [0.4, 0.5) is 5.95 Å². The maximum absolute atomic E-state index is 5.77. The number of halogens is 1. The molecule has 1 saturated heterocycles. The monoisotopic (exact) mass is 255 g/mol. The van der Waals surface area contributed by atoms with Gasteiger partial charge in [-0.05, 0) is 6.92 Å². The third-order valence-corrected chi connectivity index (χ3v) is 3.36. The Labute approximate surface area is 107 Å². The number of hydrogen-bond donors (Lipinski definition) is 1. The largest absolute Gasteiger partial charge is 0.338 e. The second-order valence-corrected chi connectivity index (χ2v) is 4.75. The lowest BCUT2D eigenvalue weighted by Gasteiger charge is -2.37. The quantitative estimate of drug-likeness (QED) is 0.857. The molecule has 1 unspecified atom stereocenters. The topological polar surface area (TPSA) is 58.3 Å². The van der Waals surface area contributed by atoms with E-state index in [1.165, 1.54) is 0 Å². The van der Waals surface area contributed by atoms with Crippen LogP contribution in [-0.4, -0.2) is 53.6 Å². The van der Waals surface area contributed by atoms with Crippen LogP contribution in [0.5, 0.6) is 0 Å². The van der Waals surface area contributed by atoms with Crippen LogP contribution < -0.4 is 10.6 Å². The van der Waals surface area contributed by atoms with E-state index in [0.717, 1.165) is 32.1 Å². The van der Waals surface area contributed by atoms with Crippen molar-refractivity contribution in [2.24, 2.45) is 5.73 Å². The van der Waals surface area contributed by atoms with Gasteiger partial charge in [0.2, 0.25) is 5.95 Å². The highest BCUT2D eigenvalue weighted by molar-refractivity contribution is 6.30. The van der Waals surface area contributed by atoms with E-state index < -0.39 is 0 Å². The molecule has 0 radical (unpaired) electrons. The van der Waals surface area contributed by atoms with Crippen molar-refractivity contribution < 1.29 is 0 Å². The summed E-state index contributed by atoms with van der Waals surface area (Å²) in [6.45, 7) is 6.75. The maximum Gasteiger partial charge on any atom is 0.225 e. The summed E-state index contributed by atoms with van der Waals surface area (Å²) < 4.78 is 0. The fraction of sp³-hybridized carbons (Fsp3) is 0.636. The minimum absolute atomic E-state index is 0.447. The summed E-state index contributed by atoms with van der Waals surface area (Å²) in [6, 6.07) is 0.447. The number of rotatable bonds is 3. The fourth-order valence-corrected chi connectivity index (χ4v) is 2.08. The third-order valence-electron chi connectivity index (χ3n) is 3.17. The van der Waals surface area contributed by atoms with Crippen LogP contribution in [0.25, 0.3) is 0 Å². The molecule has 1 aliphatic heterocycles. The maximum atomic E-state index is 5.77. The van der Waals surface area contributed by atoms with E-state index >= 15 is 0 Å². The Balaban J connectivity index is 1.93. The highest BCUT2D eigenvalue weighted by atomic mass is 35.5. The molecule has 5 nitrogen and oxygen atoms in total. The summed E-state index contributed by atoms with van der Waals surface area (Å²) in [5, 5.41) is 0.573. The zero-order valence-corrected chi connectivity index (χ0v) is 10.8. The molecule has 0 aromatic carbocycles. The van der Waals surface area contributed by atoms with E-state index in [1.807, 2.05) is 0 Å². The highest BCUT2D eigenvalue weighted by Gasteiger charge is 2.21. The smallest absolute Gasteiger partial charge is 0.225 e. The van der Waals surface area contributed by atoms with Gasteiger partial charge in [0.05, 0.1) is 17.4 Å². The van der Waals surface area contributed by atoms with E-state index in [9.17, 15) is 0 Å². The molecule has 1 aromatic heterocycles. The van der Waals surface area contributed by atoms with E-state index in [-0.39, 0.29) is 0 Å². The minimum Gasteiger partial charge on any atom is -0.338 e. The Morgan fingerprint density at radius 1 is 1.29 bits per heavy atom. The molecular formula is C11H18ClN5. The number of anilines is 1. The molecule has 6 heteroatoms. The first-order chi connectivity index (χ1) is 8.20. The summed E-state index contributed by atoms with van der Waals surface area (Å²) in [5.74, 6) is 0.759. The van der Waals surface area contributed by atoms with Crippen LogP contribution in [0.2, 0.25) is 5.02 Å². The van der Waals surface area contributed by atoms with E-state index in [2.05, 4.69) is 26.7 Å². The molecule has 1 aromatic rings. The van der Waals surface area contributed by atoms with Gasteiger partial charge >= 0.3 is 0 Å². The normalized spacial score (nSPS) is 19.4. The third kappa shape index (κ3) is 3.06. The summed E-state index contributed by atoms with van der Waals surface area (Å²) in [4.78, 5) is 13.0. The van der Waals surface area contributed by atoms with Gasteiger partial charge in [0.25, 0.3) is 0 Å². The van der Waals surface area contributed by atoms with Gasteiger partial charge in [-0.15, -0.1) is 0 Å². The molecule has 0 aliphatic carbocycles. The van der Waals surface area contributed by atoms with Crippen molar-refractivity contribution >= 4 is 17.5 Å². The summed E-state index contributed by atoms with van der Waals surface area (Å²) in [5.41, 5.74) is 5.67. The zero-order chi connectivity index (χ0) is 12.3. The van der Waals surface area contributed by atoms with Crippen LogP contribution in [0.1, 0.15) is 6.92 Å². The molecular weight excluding hydrogens is 238 g/mol. The van der Waals surface area contributed by atoms with Crippen LogP contribution in [0, 0.1) is 0 Å². The fourth-order valence-electron chi connectivity index (χ4n) is 1.98. The van der Waals surface area contributed by atoms with E-state index in [4.69, 9.17) is 17.3 Å². The van der Waals surface area contributed by atoms with Gasteiger partial charge in [0.15, 0.2) is 0 Å². The molecule has 94 valence electrons. The number of piperazine rings is 1. The lowest BCUT2D eigenvalue weighted by atomic mass is 10.2. The summed E-state index contributed by atoms with van der Waals surface area (Å²) in [7, 11) is 0. The first-order valence-electron chi connectivity index (χ1n) is 5.87. The number of nitrogens with zero attached hydrogens (tertiary/aromatic N) is 4. The second-order valence-electron chi connectivity index (χ2n) is 4.31. The summed E-state index contributed by atoms with van der Waals surface area (Å²) in [6.07, 6.45) is 3.28. The first kappa shape index (κ1) is 12.5. The van der Waals surface area contributed by atoms with E-state index in [0.29, 0.717) is 17.6 Å². The van der Waals surface area contributed by atoms with Crippen molar-refractivity contribution in [2.45, 2.75) is 13.0 Å². The second kappa shape index (κ2) is 5.62. The average Bonchev–Trinajstić information content (AvgIpc) is 2.39. The zero-order valence-electron chi connectivity index (χ0n) is 10.0. The van der Waals surface area contributed by atoms with Crippen LogP contribution in [0.15, 0.2) is 12.4 Å². The molecule has 1 atom stereocenters. The van der Waals surface area contributed by atoms with E-state index in [1.54, 1.807) is 12.4 Å². The Kier molecular flexibility index (Phi) is 4.15. The molecule has 0 saturated carbocycles. The Morgan fingerprint density at radius 3 is 2.41 bits per heavy atom. The predicted molar refractivity (Wildman–Crippen MR) is 69.3 cm³/mol. The van der Waals surface area contributed by atoms with Gasteiger partial charge in [-0.3, -0.25) is 4.90 Å². The lowest BCUT2D eigenvalue weighted by molar-refractivity contribution is 0.200. The number of hydrogen-bond acceptors (Lipinski definition) is 5. The number of nitrogens with two attached hydrogens (primary N) is 1. The molecule has 0 spiro atoms. The molecule has 0 amide bonds. The van der Waals surface area contributed by atoms with Gasteiger partial charge in [0, 0.05) is 38.8 Å². The molecule has 2 rings (SSSR count). The van der Waals surface area contributed by atoms with Gasteiger partial charge < -0.3 is 10.6 Å². The molecule has 17 heavy (non-hydrogen) atoms. The van der Waals surface area contributed by atoms with Crippen molar-refractivity contribution in [2.75, 3.05) is 37.6 Å². The lowest BCUT2D eigenvalue weighted by Crippen LogP contribution is -2.51. The highest BCUT2D eigenvalue weighted by Crippen LogP contribution is 2.13. The van der Waals surface area contributed by atoms with Crippen LogP contribution in [-0.2, 0) is 0 Å². The van der Waals surface area contributed by atoms with Crippen molar-refractivity contribution in [1.29, 1.82) is 0 Å². The Morgan fingerprint density at radius 2 is 1.88 bits per heavy atom. The molecule has 1 fully saturated rings.